The smallest absolute Gasteiger partial charge is 0.169 e. The fourth-order valence-electron chi connectivity index (χ4n) is 1.22. The van der Waals surface area contributed by atoms with Crippen LogP contribution in [0.5, 0.6) is 0 Å². The molecule has 15 heavy (non-hydrogen) atoms. The van der Waals surface area contributed by atoms with E-state index in [1.807, 2.05) is 0 Å². The third-order valence-corrected chi connectivity index (χ3v) is 2.35. The first kappa shape index (κ1) is 9.86. The van der Waals surface area contributed by atoms with Gasteiger partial charge in [0.25, 0.3) is 0 Å². The molecule has 0 saturated carbocycles. The molecule has 3 nitrogen and oxygen atoms in total. The van der Waals surface area contributed by atoms with E-state index in [0.29, 0.717) is 17.5 Å². The van der Waals surface area contributed by atoms with E-state index in [9.17, 15) is 9.18 Å². The van der Waals surface area contributed by atoms with Gasteiger partial charge < -0.3 is 0 Å². The van der Waals surface area contributed by atoms with Crippen molar-refractivity contribution in [2.45, 2.75) is 0 Å². The van der Waals surface area contributed by atoms with E-state index < -0.39 is 0 Å². The van der Waals surface area contributed by atoms with Crippen molar-refractivity contribution in [3.63, 3.8) is 0 Å². The Morgan fingerprint density at radius 3 is 2.53 bits per heavy atom. The molecule has 0 atom stereocenters. The molecule has 76 valence electrons. The highest BCUT2D eigenvalue weighted by Crippen LogP contribution is 2.27. The summed E-state index contributed by atoms with van der Waals surface area (Å²) >= 11 is 5.88. The molecule has 0 bridgehead atoms. The zero-order valence-electron chi connectivity index (χ0n) is 7.50. The largest absolute Gasteiger partial charge is 0.296 e. The van der Waals surface area contributed by atoms with Crippen molar-refractivity contribution in [3.8, 4) is 11.3 Å². The van der Waals surface area contributed by atoms with Crippen LogP contribution < -0.4 is 0 Å². The highest BCUT2D eigenvalue weighted by molar-refractivity contribution is 6.35. The van der Waals surface area contributed by atoms with E-state index in [-0.39, 0.29) is 16.5 Å². The Bertz CT molecular complexity index is 493. The van der Waals surface area contributed by atoms with Crippen LogP contribution in [0.15, 0.2) is 24.3 Å². The van der Waals surface area contributed by atoms with Gasteiger partial charge in [0.15, 0.2) is 6.29 Å². The molecule has 1 N–H and O–H groups in total. The second kappa shape index (κ2) is 3.82. The predicted octanol–water partition coefficient (Wildman–Crippen LogP) is 2.68. The summed E-state index contributed by atoms with van der Waals surface area (Å²) in [6.45, 7) is 0. The summed E-state index contributed by atoms with van der Waals surface area (Å²) in [6.07, 6.45) is 0.586. The van der Waals surface area contributed by atoms with Crippen LogP contribution >= 0.6 is 11.6 Å². The van der Waals surface area contributed by atoms with Crippen LogP contribution in [0.2, 0.25) is 5.02 Å². The van der Waals surface area contributed by atoms with Crippen LogP contribution in [-0.4, -0.2) is 16.5 Å². The van der Waals surface area contributed by atoms with Gasteiger partial charge in [0.05, 0.1) is 5.02 Å². The number of hydrogen-bond acceptors (Lipinski definition) is 2. The summed E-state index contributed by atoms with van der Waals surface area (Å²) in [7, 11) is 0. The molecule has 0 aliphatic heterocycles. The van der Waals surface area contributed by atoms with Gasteiger partial charge in [-0.2, -0.15) is 5.10 Å². The number of halogens is 2. The molecular weight excluding hydrogens is 219 g/mol. The second-order valence-corrected chi connectivity index (χ2v) is 3.30. The highest BCUT2D eigenvalue weighted by Gasteiger charge is 2.11. The molecule has 0 spiro atoms. The fourth-order valence-corrected chi connectivity index (χ4v) is 1.46. The van der Waals surface area contributed by atoms with Gasteiger partial charge in [0.2, 0.25) is 0 Å². The van der Waals surface area contributed by atoms with E-state index in [1.165, 1.54) is 12.1 Å². The molecule has 0 unspecified atom stereocenters. The van der Waals surface area contributed by atoms with Gasteiger partial charge in [-0.05, 0) is 24.3 Å². The molecule has 2 aromatic rings. The number of aromatic nitrogens is 2. The summed E-state index contributed by atoms with van der Waals surface area (Å²) in [5.74, 6) is -0.332. The molecule has 5 heteroatoms. The standard InChI is InChI=1S/C10H6ClFN2O/c11-9-8(5-15)13-14-10(9)6-1-3-7(12)4-2-6/h1-5H,(H,13,14). The lowest BCUT2D eigenvalue weighted by molar-refractivity contribution is 0.111. The minimum Gasteiger partial charge on any atom is -0.296 e. The maximum atomic E-state index is 12.7. The number of aromatic amines is 1. The third-order valence-electron chi connectivity index (χ3n) is 1.97. The van der Waals surface area contributed by atoms with Crippen molar-refractivity contribution in [1.82, 2.24) is 10.2 Å². The number of nitrogens with one attached hydrogen (secondary N) is 1. The molecule has 0 fully saturated rings. The number of H-pyrrole nitrogens is 1. The first-order chi connectivity index (χ1) is 7.22. The van der Waals surface area contributed by atoms with E-state index in [4.69, 9.17) is 11.6 Å². The van der Waals surface area contributed by atoms with Gasteiger partial charge >= 0.3 is 0 Å². The third kappa shape index (κ3) is 1.76. The highest BCUT2D eigenvalue weighted by atomic mass is 35.5. The summed E-state index contributed by atoms with van der Waals surface area (Å²) in [5, 5.41) is 6.62. The van der Waals surface area contributed by atoms with Crippen LogP contribution in [0.4, 0.5) is 4.39 Å². The van der Waals surface area contributed by atoms with Crippen molar-refractivity contribution in [3.05, 3.63) is 40.8 Å². The van der Waals surface area contributed by atoms with Crippen LogP contribution in [0.3, 0.4) is 0 Å². The van der Waals surface area contributed by atoms with E-state index >= 15 is 0 Å². The lowest BCUT2D eigenvalue weighted by Crippen LogP contribution is -1.80. The zero-order chi connectivity index (χ0) is 10.8. The van der Waals surface area contributed by atoms with Gasteiger partial charge in [-0.15, -0.1) is 0 Å². The number of nitrogens with zero attached hydrogens (tertiary/aromatic N) is 1. The number of hydrogen-bond donors (Lipinski definition) is 1. The number of carbonyl (C=O) groups excluding carboxylic acids is 1. The van der Waals surface area contributed by atoms with Gasteiger partial charge in [-0.3, -0.25) is 9.89 Å². The van der Waals surface area contributed by atoms with Crippen molar-refractivity contribution >= 4 is 17.9 Å². The van der Waals surface area contributed by atoms with Crippen LogP contribution in [0.25, 0.3) is 11.3 Å². The van der Waals surface area contributed by atoms with Crippen molar-refractivity contribution in [2.75, 3.05) is 0 Å². The Kier molecular flexibility index (Phi) is 2.51. The lowest BCUT2D eigenvalue weighted by Gasteiger charge is -1.96. The molecule has 0 saturated heterocycles. The summed E-state index contributed by atoms with van der Waals surface area (Å²) in [4.78, 5) is 10.5. The maximum Gasteiger partial charge on any atom is 0.169 e. The molecule has 1 aromatic heterocycles. The van der Waals surface area contributed by atoms with Gasteiger partial charge in [-0.1, -0.05) is 11.6 Å². The summed E-state index contributed by atoms with van der Waals surface area (Å²) < 4.78 is 12.7. The Morgan fingerprint density at radius 1 is 1.33 bits per heavy atom. The summed E-state index contributed by atoms with van der Waals surface area (Å²) in [5.41, 5.74) is 1.32. The average molecular weight is 225 g/mol. The minimum atomic E-state index is -0.332. The van der Waals surface area contributed by atoms with Gasteiger partial charge in [0, 0.05) is 5.56 Å². The average Bonchev–Trinajstić information content (AvgIpc) is 2.61. The first-order valence-corrected chi connectivity index (χ1v) is 4.55. The Hall–Kier alpha value is -1.68. The maximum absolute atomic E-state index is 12.7. The molecule has 1 heterocycles. The van der Waals surface area contributed by atoms with E-state index in [2.05, 4.69) is 10.2 Å². The molecule has 0 aliphatic carbocycles. The first-order valence-electron chi connectivity index (χ1n) is 4.17. The molecule has 0 amide bonds. The predicted molar refractivity (Wildman–Crippen MR) is 54.4 cm³/mol. The van der Waals surface area contributed by atoms with Crippen molar-refractivity contribution < 1.29 is 9.18 Å². The second-order valence-electron chi connectivity index (χ2n) is 2.92. The Balaban J connectivity index is 2.49. The summed E-state index contributed by atoms with van der Waals surface area (Å²) in [6, 6.07) is 5.71. The Morgan fingerprint density at radius 2 is 2.00 bits per heavy atom. The molecule has 0 aliphatic rings. The topological polar surface area (TPSA) is 45.8 Å². The SMILES string of the molecule is O=Cc1[nH]nc(-c2ccc(F)cc2)c1Cl. The van der Waals surface area contributed by atoms with Crippen molar-refractivity contribution in [2.24, 2.45) is 0 Å². The fraction of sp³-hybridized carbons (Fsp3) is 0. The van der Waals surface area contributed by atoms with Crippen LogP contribution in [0, 0.1) is 5.82 Å². The van der Waals surface area contributed by atoms with Crippen molar-refractivity contribution in [1.29, 1.82) is 0 Å². The van der Waals surface area contributed by atoms with Gasteiger partial charge in [-0.25, -0.2) is 4.39 Å². The quantitative estimate of drug-likeness (QED) is 0.798. The van der Waals surface area contributed by atoms with E-state index in [0.717, 1.165) is 0 Å². The number of benzene rings is 1. The van der Waals surface area contributed by atoms with Crippen LogP contribution in [-0.2, 0) is 0 Å². The number of carbonyl (C=O) groups is 1. The molecular formula is C10H6ClFN2O. The number of aldehydes is 1. The Labute approximate surface area is 89.9 Å². The number of rotatable bonds is 2. The monoisotopic (exact) mass is 224 g/mol. The lowest BCUT2D eigenvalue weighted by atomic mass is 10.1. The van der Waals surface area contributed by atoms with Crippen LogP contribution in [0.1, 0.15) is 10.5 Å². The normalized spacial score (nSPS) is 10.3. The molecule has 2 rings (SSSR count). The molecule has 1 aromatic carbocycles. The van der Waals surface area contributed by atoms with Gasteiger partial charge in [0.1, 0.15) is 17.2 Å². The molecule has 0 radical (unpaired) electrons. The minimum absolute atomic E-state index is 0.219. The zero-order valence-corrected chi connectivity index (χ0v) is 8.25. The van der Waals surface area contributed by atoms with E-state index in [1.54, 1.807) is 12.1 Å².